The lowest BCUT2D eigenvalue weighted by molar-refractivity contribution is -0.252. The van der Waals surface area contributed by atoms with Crippen molar-refractivity contribution >= 4 is 11.8 Å². The third-order valence-corrected chi connectivity index (χ3v) is 8.33. The number of anilines is 2. The molecule has 1 unspecified atom stereocenters. The van der Waals surface area contributed by atoms with E-state index >= 15 is 0 Å². The van der Waals surface area contributed by atoms with Crippen LogP contribution in [-0.4, -0.2) is 64.3 Å². The van der Waals surface area contributed by atoms with Gasteiger partial charge >= 0.3 is 0 Å². The maximum Gasteiger partial charge on any atom is 0.225 e. The fraction of sp³-hybridized carbons (Fsp3) is 0.667. The van der Waals surface area contributed by atoms with Gasteiger partial charge in [0.25, 0.3) is 0 Å². The van der Waals surface area contributed by atoms with E-state index in [4.69, 9.17) is 5.26 Å². The van der Waals surface area contributed by atoms with Crippen LogP contribution in [0.1, 0.15) is 90.0 Å². The second kappa shape index (κ2) is 14.2. The summed E-state index contributed by atoms with van der Waals surface area (Å²) in [5.41, 5.74) is 3.38. The number of piperazine rings is 1. The van der Waals surface area contributed by atoms with E-state index in [1.54, 1.807) is 6.20 Å². The Morgan fingerprint density at radius 3 is 2.42 bits per heavy atom. The molecule has 0 bridgehead atoms. The number of rotatable bonds is 15. The zero-order valence-electron chi connectivity index (χ0n) is 23.8. The Morgan fingerprint density at radius 1 is 1.08 bits per heavy atom. The van der Waals surface area contributed by atoms with Crippen molar-refractivity contribution in [1.29, 1.82) is 0 Å². The van der Waals surface area contributed by atoms with Crippen molar-refractivity contribution in [2.24, 2.45) is 11.8 Å². The summed E-state index contributed by atoms with van der Waals surface area (Å²) in [4.78, 5) is 18.7. The van der Waals surface area contributed by atoms with E-state index in [2.05, 4.69) is 80.3 Å². The maximum absolute atomic E-state index is 8.83. The van der Waals surface area contributed by atoms with Crippen LogP contribution in [0.25, 0.3) is 0 Å². The molecule has 2 aromatic rings. The van der Waals surface area contributed by atoms with Crippen molar-refractivity contribution in [2.45, 2.75) is 78.5 Å². The third-order valence-electron chi connectivity index (χ3n) is 8.33. The van der Waals surface area contributed by atoms with E-state index in [9.17, 15) is 0 Å². The zero-order chi connectivity index (χ0) is 26.9. The van der Waals surface area contributed by atoms with Crippen molar-refractivity contribution in [3.05, 3.63) is 47.2 Å². The predicted octanol–water partition coefficient (Wildman–Crippen LogP) is 6.21. The largest absolute Gasteiger partial charge is 0.370 e. The first-order valence-electron chi connectivity index (χ1n) is 14.7. The zero-order valence-corrected chi connectivity index (χ0v) is 23.8. The normalized spacial score (nSPS) is 19.2. The molecule has 1 aliphatic carbocycles. The van der Waals surface area contributed by atoms with E-state index in [0.29, 0.717) is 17.8 Å². The van der Waals surface area contributed by atoms with E-state index in [-0.39, 0.29) is 14.1 Å². The highest BCUT2D eigenvalue weighted by atomic mass is 17.1. The SMILES string of the molecule is CCNc1nc(N[C@@H](C)c2ccc([C@H](CC3CC3)N3CCN(CCC(C)CC)CC3)cc2)ncc1COO.[HH]. The molecule has 1 aromatic heterocycles. The molecule has 3 N–H and O–H groups in total. The van der Waals surface area contributed by atoms with Gasteiger partial charge in [-0.2, -0.15) is 4.98 Å². The lowest BCUT2D eigenvalue weighted by Gasteiger charge is -2.40. The van der Waals surface area contributed by atoms with E-state index < -0.39 is 0 Å². The number of benzene rings is 1. The van der Waals surface area contributed by atoms with Gasteiger partial charge in [0.05, 0.1) is 6.04 Å². The van der Waals surface area contributed by atoms with Gasteiger partial charge < -0.3 is 15.5 Å². The molecule has 2 aliphatic rings. The molecule has 1 aliphatic heterocycles. The minimum atomic E-state index is 0. The molecule has 212 valence electrons. The summed E-state index contributed by atoms with van der Waals surface area (Å²) >= 11 is 0. The third kappa shape index (κ3) is 8.12. The van der Waals surface area contributed by atoms with E-state index in [1.807, 2.05) is 6.92 Å². The van der Waals surface area contributed by atoms with Crippen LogP contribution in [0, 0.1) is 11.8 Å². The highest BCUT2D eigenvalue weighted by molar-refractivity contribution is 5.47. The first-order valence-corrected chi connectivity index (χ1v) is 14.7. The summed E-state index contributed by atoms with van der Waals surface area (Å²) < 4.78 is 0. The molecule has 8 heteroatoms. The quantitative estimate of drug-likeness (QED) is 0.186. The molecule has 1 aromatic carbocycles. The number of hydrogen-bond donors (Lipinski definition) is 3. The minimum absolute atomic E-state index is 0. The molecule has 0 amide bonds. The summed E-state index contributed by atoms with van der Waals surface area (Å²) in [6.07, 6.45) is 8.35. The topological polar surface area (TPSA) is 85.8 Å². The van der Waals surface area contributed by atoms with Gasteiger partial charge in [-0.15, -0.1) is 0 Å². The monoisotopic (exact) mass is 526 g/mol. The molecular weight excluding hydrogens is 476 g/mol. The van der Waals surface area contributed by atoms with Crippen molar-refractivity contribution in [1.82, 2.24) is 19.8 Å². The van der Waals surface area contributed by atoms with E-state index in [1.165, 1.54) is 76.0 Å². The summed E-state index contributed by atoms with van der Waals surface area (Å²) in [6.45, 7) is 15.5. The summed E-state index contributed by atoms with van der Waals surface area (Å²) in [5, 5.41) is 15.5. The molecule has 1 saturated heterocycles. The fourth-order valence-corrected chi connectivity index (χ4v) is 5.33. The van der Waals surface area contributed by atoms with Crippen molar-refractivity contribution in [3.63, 3.8) is 0 Å². The fourth-order valence-electron chi connectivity index (χ4n) is 5.33. The first-order chi connectivity index (χ1) is 18.5. The second-order valence-electron chi connectivity index (χ2n) is 11.3. The molecule has 0 spiro atoms. The smallest absolute Gasteiger partial charge is 0.225 e. The van der Waals surface area contributed by atoms with Gasteiger partial charge in [0, 0.05) is 52.0 Å². The second-order valence-corrected chi connectivity index (χ2v) is 11.3. The highest BCUT2D eigenvalue weighted by Crippen LogP contribution is 2.40. The van der Waals surface area contributed by atoms with E-state index in [0.717, 1.165) is 23.9 Å². The standard InChI is InChI=1S/C30H48N6O2.H2/c1-5-22(3)13-14-35-15-17-36(18-16-35)28(19-24-7-8-24)26-11-9-25(10-12-26)23(4)33-30-32-20-27(21-38-37)29(34-30)31-6-2;/h9-12,20,22-24,28,37H,5-8,13-19,21H2,1-4H3,(H2,31,32,33,34);1H/t22?,23-,28-;/m0./s1. The van der Waals surface area contributed by atoms with Crippen molar-refractivity contribution in [3.8, 4) is 0 Å². The van der Waals surface area contributed by atoms with Crippen molar-refractivity contribution in [2.75, 3.05) is 49.9 Å². The van der Waals surface area contributed by atoms with Gasteiger partial charge in [0.1, 0.15) is 12.4 Å². The van der Waals surface area contributed by atoms with Gasteiger partial charge in [-0.3, -0.25) is 10.2 Å². The number of aromatic nitrogens is 2. The van der Waals surface area contributed by atoms with Crippen LogP contribution in [0.3, 0.4) is 0 Å². The summed E-state index contributed by atoms with van der Waals surface area (Å²) in [7, 11) is 0. The number of nitrogens with one attached hydrogen (secondary N) is 2. The molecular formula is C30H50N6O2. The van der Waals surface area contributed by atoms with Gasteiger partial charge in [0.2, 0.25) is 5.95 Å². The first kappa shape index (κ1) is 28.7. The molecule has 38 heavy (non-hydrogen) atoms. The summed E-state index contributed by atoms with van der Waals surface area (Å²) in [6, 6.07) is 9.77. The molecule has 3 atom stereocenters. The van der Waals surface area contributed by atoms with Gasteiger partial charge in [-0.05, 0) is 56.2 Å². The van der Waals surface area contributed by atoms with Gasteiger partial charge in [-0.25, -0.2) is 9.87 Å². The molecule has 1 saturated carbocycles. The van der Waals surface area contributed by atoms with Gasteiger partial charge in [-0.1, -0.05) is 57.4 Å². The molecule has 0 radical (unpaired) electrons. The van der Waals surface area contributed by atoms with Crippen LogP contribution in [0.15, 0.2) is 30.5 Å². The Bertz CT molecular complexity index is 982. The van der Waals surface area contributed by atoms with Crippen LogP contribution >= 0.6 is 0 Å². The number of hydrogen-bond acceptors (Lipinski definition) is 8. The molecule has 2 fully saturated rings. The summed E-state index contributed by atoms with van der Waals surface area (Å²) in [5.74, 6) is 2.94. The predicted molar refractivity (Wildman–Crippen MR) is 156 cm³/mol. The molecule has 4 rings (SSSR count). The average Bonchev–Trinajstić information content (AvgIpc) is 3.77. The van der Waals surface area contributed by atoms with Crippen LogP contribution in [-0.2, 0) is 11.5 Å². The van der Waals surface area contributed by atoms with Crippen molar-refractivity contribution < 1.29 is 11.6 Å². The van der Waals surface area contributed by atoms with Crippen LogP contribution in [0.5, 0.6) is 0 Å². The minimum Gasteiger partial charge on any atom is -0.370 e. The Kier molecular flexibility index (Phi) is 10.8. The molecule has 2 heterocycles. The lowest BCUT2D eigenvalue weighted by Crippen LogP contribution is -2.48. The Hall–Kier alpha value is -2.26. The number of nitrogens with zero attached hydrogens (tertiary/aromatic N) is 4. The Labute approximate surface area is 230 Å². The Balaban J connectivity index is 0.00000420. The van der Waals surface area contributed by atoms with Crippen LogP contribution in [0.2, 0.25) is 0 Å². The van der Waals surface area contributed by atoms with Gasteiger partial charge in [0.15, 0.2) is 0 Å². The lowest BCUT2D eigenvalue weighted by atomic mass is 9.96. The average molecular weight is 527 g/mol. The maximum atomic E-state index is 8.83. The highest BCUT2D eigenvalue weighted by Gasteiger charge is 2.31. The molecule has 8 nitrogen and oxygen atoms in total. The van der Waals surface area contributed by atoms with Crippen LogP contribution < -0.4 is 10.6 Å². The Morgan fingerprint density at radius 2 is 1.79 bits per heavy atom. The van der Waals surface area contributed by atoms with Crippen LogP contribution in [0.4, 0.5) is 11.8 Å².